The second-order valence-electron chi connectivity index (χ2n) is 7.45. The quantitative estimate of drug-likeness (QED) is 0.571. The topological polar surface area (TPSA) is 81.8 Å². The minimum atomic E-state index is -0.595. The van der Waals surface area contributed by atoms with Crippen LogP contribution < -0.4 is 15.6 Å². The Balaban J connectivity index is 1.47. The molecule has 7 nitrogen and oxygen atoms in total. The largest absolute Gasteiger partial charge is 0.324 e. The molecule has 0 saturated carbocycles. The lowest BCUT2D eigenvalue weighted by molar-refractivity contribution is -0.140. The molecule has 0 radical (unpaired) electrons. The van der Waals surface area contributed by atoms with Crippen molar-refractivity contribution in [2.75, 3.05) is 11.4 Å². The summed E-state index contributed by atoms with van der Waals surface area (Å²) in [6, 6.07) is 16.5. The molecule has 2 atom stereocenters. The van der Waals surface area contributed by atoms with Gasteiger partial charge in [-0.3, -0.25) is 14.4 Å². The van der Waals surface area contributed by atoms with Crippen molar-refractivity contribution < 1.29 is 14.4 Å². The zero-order valence-corrected chi connectivity index (χ0v) is 17.4. The highest BCUT2D eigenvalue weighted by Gasteiger charge is 2.47. The summed E-state index contributed by atoms with van der Waals surface area (Å²) in [6.45, 7) is 4.09. The third-order valence-electron chi connectivity index (χ3n) is 5.50. The third kappa shape index (κ3) is 3.24. The van der Waals surface area contributed by atoms with Crippen LogP contribution in [0.3, 0.4) is 0 Å². The van der Waals surface area contributed by atoms with E-state index >= 15 is 0 Å². The van der Waals surface area contributed by atoms with Crippen molar-refractivity contribution in [3.8, 4) is 0 Å². The first-order chi connectivity index (χ1) is 15.1. The van der Waals surface area contributed by atoms with Gasteiger partial charge in [0.25, 0.3) is 11.8 Å². The SMILES string of the molecule is C=CCN1C(=O)/C(=C2\SC3NC(=O)C(Cc4ccccc4)NN3C2=O)c2ccccc21. The number of thioether (sulfide) groups is 1. The zero-order valence-electron chi connectivity index (χ0n) is 16.6. The van der Waals surface area contributed by atoms with Crippen LogP contribution in [0.4, 0.5) is 5.69 Å². The van der Waals surface area contributed by atoms with Crippen molar-refractivity contribution in [1.29, 1.82) is 0 Å². The number of anilines is 1. The molecule has 3 heterocycles. The van der Waals surface area contributed by atoms with Gasteiger partial charge in [0.15, 0.2) is 5.50 Å². The normalized spacial score (nSPS) is 24.8. The standard InChI is InChI=1S/C23H20N4O3S/c1-2-12-26-17-11-7-6-10-15(17)18(21(26)29)19-22(30)27-23(31-19)24-20(28)16(25-27)13-14-8-4-3-5-9-14/h2-11,16,23,25H,1,12-13H2,(H,24,28)/b19-18-. The number of hydrazine groups is 1. The molecule has 0 aliphatic carbocycles. The molecule has 2 fully saturated rings. The van der Waals surface area contributed by atoms with Gasteiger partial charge in [0.05, 0.1) is 16.2 Å². The fourth-order valence-electron chi connectivity index (χ4n) is 4.06. The first kappa shape index (κ1) is 19.6. The molecule has 156 valence electrons. The molecule has 3 amide bonds. The van der Waals surface area contributed by atoms with Crippen LogP contribution in [0.5, 0.6) is 0 Å². The Morgan fingerprint density at radius 3 is 2.52 bits per heavy atom. The first-order valence-electron chi connectivity index (χ1n) is 9.95. The predicted octanol–water partition coefficient (Wildman–Crippen LogP) is 2.03. The highest BCUT2D eigenvalue weighted by molar-refractivity contribution is 8.05. The van der Waals surface area contributed by atoms with Gasteiger partial charge >= 0.3 is 0 Å². The van der Waals surface area contributed by atoms with Crippen LogP contribution in [0, 0.1) is 0 Å². The van der Waals surface area contributed by atoms with Crippen LogP contribution in [0.1, 0.15) is 11.1 Å². The summed E-state index contributed by atoms with van der Waals surface area (Å²) >= 11 is 1.19. The molecular weight excluding hydrogens is 412 g/mol. The molecule has 0 bridgehead atoms. The number of amides is 3. The smallest absolute Gasteiger partial charge is 0.278 e. The molecule has 31 heavy (non-hydrogen) atoms. The number of carbonyl (C=O) groups is 3. The van der Waals surface area contributed by atoms with Gasteiger partial charge in [-0.1, -0.05) is 66.4 Å². The van der Waals surface area contributed by atoms with E-state index in [0.717, 1.165) is 16.8 Å². The lowest BCUT2D eigenvalue weighted by Crippen LogP contribution is -2.65. The maximum Gasteiger partial charge on any atom is 0.278 e. The number of para-hydroxylation sites is 1. The maximum absolute atomic E-state index is 13.3. The van der Waals surface area contributed by atoms with E-state index < -0.39 is 11.5 Å². The molecule has 0 aromatic heterocycles. The van der Waals surface area contributed by atoms with Gasteiger partial charge in [0.2, 0.25) is 5.91 Å². The highest BCUT2D eigenvalue weighted by atomic mass is 32.2. The van der Waals surface area contributed by atoms with Gasteiger partial charge in [0.1, 0.15) is 6.04 Å². The van der Waals surface area contributed by atoms with E-state index in [1.54, 1.807) is 11.0 Å². The number of hydrogen-bond acceptors (Lipinski definition) is 5. The molecular formula is C23H20N4O3S. The van der Waals surface area contributed by atoms with E-state index in [9.17, 15) is 14.4 Å². The molecule has 2 aromatic carbocycles. The fourth-order valence-corrected chi connectivity index (χ4v) is 5.24. The Bertz CT molecular complexity index is 1130. The number of fused-ring (bicyclic) bond motifs is 2. The number of carbonyl (C=O) groups excluding carboxylic acids is 3. The van der Waals surface area contributed by atoms with Crippen molar-refractivity contribution >= 4 is 40.7 Å². The first-order valence-corrected chi connectivity index (χ1v) is 10.8. The van der Waals surface area contributed by atoms with Gasteiger partial charge < -0.3 is 10.2 Å². The Morgan fingerprint density at radius 1 is 1.00 bits per heavy atom. The van der Waals surface area contributed by atoms with Gasteiger partial charge in [-0.25, -0.2) is 10.4 Å². The molecule has 2 N–H and O–H groups in total. The number of nitrogens with one attached hydrogen (secondary N) is 2. The van der Waals surface area contributed by atoms with Crippen molar-refractivity contribution in [2.45, 2.75) is 18.0 Å². The molecule has 8 heteroatoms. The van der Waals surface area contributed by atoms with Crippen LogP contribution in [0.2, 0.25) is 0 Å². The zero-order chi connectivity index (χ0) is 21.5. The van der Waals surface area contributed by atoms with Crippen molar-refractivity contribution in [2.24, 2.45) is 0 Å². The van der Waals surface area contributed by atoms with Gasteiger partial charge in [-0.05, 0) is 18.1 Å². The Morgan fingerprint density at radius 2 is 1.74 bits per heavy atom. The average molecular weight is 433 g/mol. The van der Waals surface area contributed by atoms with Crippen LogP contribution in [0.15, 0.2) is 72.2 Å². The summed E-state index contributed by atoms with van der Waals surface area (Å²) in [5, 5.41) is 4.32. The summed E-state index contributed by atoms with van der Waals surface area (Å²) in [5.74, 6) is -0.723. The summed E-state index contributed by atoms with van der Waals surface area (Å²) in [4.78, 5) is 41.1. The Labute approximate surface area is 183 Å². The molecule has 3 aliphatic rings. The summed E-state index contributed by atoms with van der Waals surface area (Å²) in [6.07, 6.45) is 2.11. The molecule has 2 unspecified atom stereocenters. The van der Waals surface area contributed by atoms with Crippen LogP contribution in [-0.2, 0) is 20.8 Å². The second kappa shape index (κ2) is 7.72. The Hall–Kier alpha value is -3.36. The van der Waals surface area contributed by atoms with Gasteiger partial charge in [0, 0.05) is 12.1 Å². The molecule has 0 spiro atoms. The lowest BCUT2D eigenvalue weighted by Gasteiger charge is -2.34. The fraction of sp³-hybridized carbons (Fsp3) is 0.174. The molecule has 2 saturated heterocycles. The number of benzene rings is 2. The highest BCUT2D eigenvalue weighted by Crippen LogP contribution is 2.45. The van der Waals surface area contributed by atoms with E-state index in [1.165, 1.54) is 16.8 Å². The van der Waals surface area contributed by atoms with Gasteiger partial charge in [-0.15, -0.1) is 6.58 Å². The van der Waals surface area contributed by atoms with Crippen LogP contribution >= 0.6 is 11.8 Å². The number of nitrogens with zero attached hydrogens (tertiary/aromatic N) is 2. The van der Waals surface area contributed by atoms with Crippen molar-refractivity contribution in [3.63, 3.8) is 0 Å². The second-order valence-corrected chi connectivity index (χ2v) is 8.54. The summed E-state index contributed by atoms with van der Waals surface area (Å²) < 4.78 is 0. The van der Waals surface area contributed by atoms with Crippen LogP contribution in [-0.4, -0.2) is 40.8 Å². The molecule has 3 aliphatic heterocycles. The third-order valence-corrected chi connectivity index (χ3v) is 6.67. The summed E-state index contributed by atoms with van der Waals surface area (Å²) in [5.41, 5.74) is 5.31. The van der Waals surface area contributed by atoms with Crippen molar-refractivity contribution in [3.05, 3.63) is 83.3 Å². The van der Waals surface area contributed by atoms with E-state index in [4.69, 9.17) is 0 Å². The maximum atomic E-state index is 13.3. The van der Waals surface area contributed by atoms with Crippen molar-refractivity contribution in [1.82, 2.24) is 15.8 Å². The van der Waals surface area contributed by atoms with Gasteiger partial charge in [-0.2, -0.15) is 0 Å². The number of hydrogen-bond donors (Lipinski definition) is 2. The lowest BCUT2D eigenvalue weighted by atomic mass is 10.1. The monoisotopic (exact) mass is 432 g/mol. The minimum absolute atomic E-state index is 0.178. The summed E-state index contributed by atoms with van der Waals surface area (Å²) in [7, 11) is 0. The van der Waals surface area contributed by atoms with E-state index in [-0.39, 0.29) is 17.7 Å². The number of rotatable bonds is 4. The van der Waals surface area contributed by atoms with E-state index in [2.05, 4.69) is 17.3 Å². The Kier molecular flexibility index (Phi) is 4.88. The average Bonchev–Trinajstić information content (AvgIpc) is 3.23. The molecule has 5 rings (SSSR count). The predicted molar refractivity (Wildman–Crippen MR) is 119 cm³/mol. The van der Waals surface area contributed by atoms with E-state index in [1.807, 2.05) is 54.6 Å². The van der Waals surface area contributed by atoms with E-state index in [0.29, 0.717) is 23.4 Å². The van der Waals surface area contributed by atoms with Crippen LogP contribution in [0.25, 0.3) is 5.57 Å². The molecule has 2 aromatic rings. The minimum Gasteiger partial charge on any atom is -0.324 e.